The summed E-state index contributed by atoms with van der Waals surface area (Å²) in [6.45, 7) is 2.09. The average Bonchev–Trinajstić information content (AvgIpc) is 2.76. The molecule has 30 heavy (non-hydrogen) atoms. The van der Waals surface area contributed by atoms with E-state index < -0.39 is 0 Å². The van der Waals surface area contributed by atoms with Gasteiger partial charge in [-0.05, 0) is 66.8 Å². The van der Waals surface area contributed by atoms with E-state index in [-0.39, 0.29) is 29.9 Å². The van der Waals surface area contributed by atoms with Crippen LogP contribution in [0.4, 0.5) is 5.69 Å². The molecule has 3 N–H and O–H groups in total. The minimum Gasteiger partial charge on any atom is -0.370 e. The van der Waals surface area contributed by atoms with Crippen molar-refractivity contribution in [2.24, 2.45) is 10.7 Å². The highest BCUT2D eigenvalue weighted by Gasteiger charge is 2.19. The van der Waals surface area contributed by atoms with E-state index in [0.29, 0.717) is 25.3 Å². The number of aryl methyl sites for hydroxylation is 1. The average molecular weight is 518 g/mol. The Labute approximate surface area is 196 Å². The maximum atomic E-state index is 12.5. The molecule has 0 atom stereocenters. The molecule has 5 nitrogen and oxygen atoms in total. The van der Waals surface area contributed by atoms with E-state index in [0.717, 1.165) is 38.0 Å². The number of amides is 1. The maximum absolute atomic E-state index is 12.5. The summed E-state index contributed by atoms with van der Waals surface area (Å²) in [5.41, 5.74) is 12.6. The lowest BCUT2D eigenvalue weighted by molar-refractivity contribution is -0.132. The zero-order valence-corrected chi connectivity index (χ0v) is 19.7. The molecule has 1 aliphatic carbocycles. The number of fused-ring (bicyclic) bond motifs is 2. The van der Waals surface area contributed by atoms with Crippen LogP contribution in [-0.4, -0.2) is 29.9 Å². The molecule has 2 aliphatic rings. The molecule has 0 spiro atoms. The normalized spacial score (nSPS) is 15.6. The molecule has 0 saturated heterocycles. The number of hydrogen-bond donors (Lipinski definition) is 2. The molecule has 0 bridgehead atoms. The van der Waals surface area contributed by atoms with E-state index in [1.807, 2.05) is 11.0 Å². The van der Waals surface area contributed by atoms with E-state index in [1.165, 1.54) is 35.1 Å². The molecular formula is C24H31IN4O. The third-order valence-corrected chi connectivity index (χ3v) is 5.97. The van der Waals surface area contributed by atoms with Crippen LogP contribution in [0, 0.1) is 0 Å². The largest absolute Gasteiger partial charge is 0.370 e. The molecule has 0 aromatic heterocycles. The molecule has 0 saturated carbocycles. The van der Waals surface area contributed by atoms with Crippen LogP contribution in [0.2, 0.25) is 0 Å². The second-order valence-electron chi connectivity index (χ2n) is 7.98. The number of nitrogens with two attached hydrogens (primary N) is 1. The Hall–Kier alpha value is -2.09. The summed E-state index contributed by atoms with van der Waals surface area (Å²) in [4.78, 5) is 18.9. The Balaban J connectivity index is 0.00000256. The summed E-state index contributed by atoms with van der Waals surface area (Å²) in [5.74, 6) is 0.640. The van der Waals surface area contributed by atoms with E-state index in [4.69, 9.17) is 5.73 Å². The van der Waals surface area contributed by atoms with Gasteiger partial charge in [-0.3, -0.25) is 9.79 Å². The fourth-order valence-corrected chi connectivity index (χ4v) is 4.37. The third kappa shape index (κ3) is 5.53. The maximum Gasteiger partial charge on any atom is 0.222 e. The topological polar surface area (TPSA) is 70.7 Å². The standard InChI is InChI=1S/C24H30N4O.HI/c25-24(27-22-12-5-10-19-8-3-4-11-21(19)22)26-15-6-13-23(29)28-16-14-18-7-1-2-9-20(18)17-28;/h1-2,5,7,9-10,12H,3-4,6,8,11,13-17H2,(H3,25,26,27);1H. The van der Waals surface area contributed by atoms with Crippen molar-refractivity contribution in [1.82, 2.24) is 4.90 Å². The smallest absolute Gasteiger partial charge is 0.222 e. The highest BCUT2D eigenvalue weighted by Crippen LogP contribution is 2.27. The number of benzene rings is 2. The van der Waals surface area contributed by atoms with Crippen molar-refractivity contribution in [3.05, 3.63) is 64.7 Å². The SMILES string of the molecule is I.NC(=NCCCC(=O)N1CCc2ccccc2C1)Nc1cccc2c1CCCC2. The predicted molar refractivity (Wildman–Crippen MR) is 133 cm³/mol. The molecule has 160 valence electrons. The first kappa shape index (κ1) is 22.6. The number of nitrogens with zero attached hydrogens (tertiary/aromatic N) is 2. The van der Waals surface area contributed by atoms with E-state index in [1.54, 1.807) is 0 Å². The lowest BCUT2D eigenvalue weighted by Crippen LogP contribution is -2.35. The number of guanidine groups is 1. The Morgan fingerprint density at radius 1 is 1.00 bits per heavy atom. The fraction of sp³-hybridized carbons (Fsp3) is 0.417. The molecule has 1 aliphatic heterocycles. The molecule has 0 radical (unpaired) electrons. The van der Waals surface area contributed by atoms with Gasteiger partial charge in [0.25, 0.3) is 0 Å². The predicted octanol–water partition coefficient (Wildman–Crippen LogP) is 4.28. The minimum atomic E-state index is 0. The molecule has 1 amide bonds. The summed E-state index contributed by atoms with van der Waals surface area (Å²) in [6, 6.07) is 14.7. The van der Waals surface area contributed by atoms with Crippen molar-refractivity contribution in [3.8, 4) is 0 Å². The fourth-order valence-electron chi connectivity index (χ4n) is 4.37. The van der Waals surface area contributed by atoms with Gasteiger partial charge in [0.15, 0.2) is 5.96 Å². The van der Waals surface area contributed by atoms with Crippen molar-refractivity contribution in [3.63, 3.8) is 0 Å². The summed E-state index contributed by atoms with van der Waals surface area (Å²) in [6.07, 6.45) is 6.90. The number of aliphatic imine (C=N–C) groups is 1. The number of carbonyl (C=O) groups excluding carboxylic acids is 1. The first-order valence-corrected chi connectivity index (χ1v) is 10.7. The Morgan fingerprint density at radius 2 is 1.77 bits per heavy atom. The summed E-state index contributed by atoms with van der Waals surface area (Å²) in [5, 5.41) is 3.26. The zero-order valence-electron chi connectivity index (χ0n) is 17.4. The second-order valence-corrected chi connectivity index (χ2v) is 7.98. The van der Waals surface area contributed by atoms with Gasteiger partial charge < -0.3 is 16.0 Å². The van der Waals surface area contributed by atoms with Crippen LogP contribution in [0.1, 0.15) is 47.9 Å². The van der Waals surface area contributed by atoms with Crippen LogP contribution in [0.3, 0.4) is 0 Å². The number of nitrogens with one attached hydrogen (secondary N) is 1. The molecular weight excluding hydrogens is 487 g/mol. The first-order chi connectivity index (χ1) is 14.2. The minimum absolute atomic E-state index is 0. The van der Waals surface area contributed by atoms with Gasteiger partial charge in [0.05, 0.1) is 0 Å². The zero-order chi connectivity index (χ0) is 20.1. The number of rotatable bonds is 5. The van der Waals surface area contributed by atoms with Gasteiger partial charge in [0, 0.05) is 31.7 Å². The number of halogens is 1. The first-order valence-electron chi connectivity index (χ1n) is 10.7. The van der Waals surface area contributed by atoms with Crippen molar-refractivity contribution < 1.29 is 4.79 Å². The summed E-state index contributed by atoms with van der Waals surface area (Å²) >= 11 is 0. The molecule has 1 heterocycles. The van der Waals surface area contributed by atoms with Crippen LogP contribution in [0.25, 0.3) is 0 Å². The Bertz CT molecular complexity index is 912. The number of hydrogen-bond acceptors (Lipinski definition) is 2. The molecule has 2 aromatic carbocycles. The molecule has 6 heteroatoms. The van der Waals surface area contributed by atoms with Gasteiger partial charge in [-0.2, -0.15) is 0 Å². The van der Waals surface area contributed by atoms with Gasteiger partial charge in [-0.25, -0.2) is 0 Å². The van der Waals surface area contributed by atoms with Crippen LogP contribution < -0.4 is 11.1 Å². The van der Waals surface area contributed by atoms with Crippen LogP contribution in [0.5, 0.6) is 0 Å². The summed E-state index contributed by atoms with van der Waals surface area (Å²) < 4.78 is 0. The van der Waals surface area contributed by atoms with Gasteiger partial charge >= 0.3 is 0 Å². The second kappa shape index (κ2) is 10.8. The van der Waals surface area contributed by atoms with E-state index in [2.05, 4.69) is 46.7 Å². The highest BCUT2D eigenvalue weighted by atomic mass is 127. The lowest BCUT2D eigenvalue weighted by Gasteiger charge is -2.28. The Kier molecular flexibility index (Phi) is 8.13. The molecule has 4 rings (SSSR count). The quantitative estimate of drug-likeness (QED) is 0.269. The van der Waals surface area contributed by atoms with Crippen LogP contribution in [-0.2, 0) is 30.6 Å². The van der Waals surface area contributed by atoms with Gasteiger partial charge in [0.2, 0.25) is 5.91 Å². The lowest BCUT2D eigenvalue weighted by atomic mass is 9.90. The van der Waals surface area contributed by atoms with E-state index in [9.17, 15) is 4.79 Å². The van der Waals surface area contributed by atoms with Crippen LogP contribution >= 0.6 is 24.0 Å². The highest BCUT2D eigenvalue weighted by molar-refractivity contribution is 14.0. The summed E-state index contributed by atoms with van der Waals surface area (Å²) in [7, 11) is 0. The van der Waals surface area contributed by atoms with Crippen molar-refractivity contribution in [1.29, 1.82) is 0 Å². The Morgan fingerprint density at radius 3 is 2.63 bits per heavy atom. The molecule has 2 aromatic rings. The number of anilines is 1. The van der Waals surface area contributed by atoms with Gasteiger partial charge in [-0.15, -0.1) is 24.0 Å². The van der Waals surface area contributed by atoms with Crippen molar-refractivity contribution >= 4 is 41.5 Å². The molecule has 0 unspecified atom stereocenters. The van der Waals surface area contributed by atoms with Crippen molar-refractivity contribution in [2.75, 3.05) is 18.4 Å². The van der Waals surface area contributed by atoms with Gasteiger partial charge in [-0.1, -0.05) is 36.4 Å². The molecule has 0 fully saturated rings. The third-order valence-electron chi connectivity index (χ3n) is 5.97. The van der Waals surface area contributed by atoms with Crippen LogP contribution in [0.15, 0.2) is 47.5 Å². The van der Waals surface area contributed by atoms with E-state index >= 15 is 0 Å². The monoisotopic (exact) mass is 518 g/mol. The van der Waals surface area contributed by atoms with Crippen molar-refractivity contribution in [2.45, 2.75) is 51.5 Å². The number of carbonyl (C=O) groups is 1. The van der Waals surface area contributed by atoms with Gasteiger partial charge in [0.1, 0.15) is 0 Å².